The quantitative estimate of drug-likeness (QED) is 0.417. The number of unbranched alkanes of at least 4 members (excludes halogenated alkanes) is 9. The second kappa shape index (κ2) is 14.9. The molecule has 0 rings (SSSR count). The molecule has 0 saturated heterocycles. The van der Waals surface area contributed by atoms with Crippen LogP contribution in [-0.4, -0.2) is 32.2 Å². The first kappa shape index (κ1) is 23.0. The lowest BCUT2D eigenvalue weighted by molar-refractivity contribution is -0.870. The van der Waals surface area contributed by atoms with Crippen LogP contribution < -0.4 is 6.15 Å². The van der Waals surface area contributed by atoms with E-state index in [0.29, 0.717) is 0 Å². The van der Waals surface area contributed by atoms with Gasteiger partial charge in [0.15, 0.2) is 0 Å². The lowest BCUT2D eigenvalue weighted by Gasteiger charge is -2.23. The molecule has 18 heavy (non-hydrogen) atoms. The zero-order chi connectivity index (χ0) is 12.3. The molecule has 0 aliphatic carbocycles. The molecule has 0 unspecified atom stereocenters. The first-order chi connectivity index (χ1) is 7.56. The average Bonchev–Trinajstić information content (AvgIpc) is 2.19. The van der Waals surface area contributed by atoms with E-state index in [0.717, 1.165) is 4.48 Å². The van der Waals surface area contributed by atoms with Crippen LogP contribution in [0.3, 0.4) is 0 Å². The van der Waals surface area contributed by atoms with Crippen molar-refractivity contribution in [2.45, 2.75) is 71.1 Å². The molecule has 0 saturated carbocycles. The topological polar surface area (TPSA) is 35.0 Å². The van der Waals surface area contributed by atoms with Gasteiger partial charge in [-0.1, -0.05) is 58.3 Å². The van der Waals surface area contributed by atoms with Crippen LogP contribution in [0.15, 0.2) is 0 Å². The summed E-state index contributed by atoms with van der Waals surface area (Å²) >= 11 is 0. The second-order valence-corrected chi connectivity index (χ2v) is 6.20. The molecule has 0 heterocycles. The summed E-state index contributed by atoms with van der Waals surface area (Å²) in [6.07, 6.45) is 14.4. The molecular weight excluding hydrogens is 227 g/mol. The molecule has 3 heteroatoms. The van der Waals surface area contributed by atoms with E-state index >= 15 is 0 Å². The van der Waals surface area contributed by atoms with Crippen LogP contribution in [-0.2, 0) is 0 Å². The zero-order valence-corrected chi connectivity index (χ0v) is 13.3. The molecule has 114 valence electrons. The van der Waals surface area contributed by atoms with E-state index in [-0.39, 0.29) is 10.9 Å². The van der Waals surface area contributed by atoms with E-state index < -0.39 is 0 Å². The van der Waals surface area contributed by atoms with Gasteiger partial charge in [0.05, 0.1) is 27.7 Å². The maximum absolute atomic E-state index is 2.29. The first-order valence-electron chi connectivity index (χ1n) is 7.36. The summed E-state index contributed by atoms with van der Waals surface area (Å²) in [7, 11) is 6.86. The SMILES string of the molecule is CCCCCCCCCCCC[N+](C)(C)C.F.N. The van der Waals surface area contributed by atoms with Gasteiger partial charge in [0, 0.05) is 0 Å². The highest BCUT2D eigenvalue weighted by molar-refractivity contribution is 4.47. The van der Waals surface area contributed by atoms with Crippen LogP contribution in [0.5, 0.6) is 0 Å². The van der Waals surface area contributed by atoms with E-state index in [1.54, 1.807) is 0 Å². The molecule has 3 N–H and O–H groups in total. The Labute approximate surface area is 115 Å². The molecular formula is C15H38FN2+. The molecule has 2 nitrogen and oxygen atoms in total. The van der Waals surface area contributed by atoms with Gasteiger partial charge >= 0.3 is 0 Å². The van der Waals surface area contributed by atoms with E-state index in [1.165, 1.54) is 70.8 Å². The molecule has 0 atom stereocenters. The summed E-state index contributed by atoms with van der Waals surface area (Å²) < 4.78 is 1.12. The Morgan fingerprint density at radius 1 is 0.611 bits per heavy atom. The summed E-state index contributed by atoms with van der Waals surface area (Å²) in [5, 5.41) is 0. The summed E-state index contributed by atoms with van der Waals surface area (Å²) in [5.41, 5.74) is 0. The Bertz CT molecular complexity index is 144. The number of hydrogen-bond donors (Lipinski definition) is 1. The summed E-state index contributed by atoms with van der Waals surface area (Å²) in [6, 6.07) is 0. The van der Waals surface area contributed by atoms with Crippen molar-refractivity contribution in [1.29, 1.82) is 0 Å². The Balaban J connectivity index is -0.00000112. The Morgan fingerprint density at radius 2 is 0.944 bits per heavy atom. The first-order valence-corrected chi connectivity index (χ1v) is 7.36. The molecule has 0 bridgehead atoms. The normalized spacial score (nSPS) is 10.7. The number of nitrogens with zero attached hydrogens (tertiary/aromatic N) is 1. The lowest BCUT2D eigenvalue weighted by atomic mass is 10.1. The van der Waals surface area contributed by atoms with Gasteiger partial charge in [-0.15, -0.1) is 0 Å². The van der Waals surface area contributed by atoms with Gasteiger partial charge in [-0.25, -0.2) is 0 Å². The third kappa shape index (κ3) is 21.2. The molecule has 0 aromatic heterocycles. The van der Waals surface area contributed by atoms with Crippen molar-refractivity contribution in [3.05, 3.63) is 0 Å². The van der Waals surface area contributed by atoms with Gasteiger partial charge in [-0.05, 0) is 12.8 Å². The van der Waals surface area contributed by atoms with Crippen LogP contribution in [0.25, 0.3) is 0 Å². The lowest BCUT2D eigenvalue weighted by Crippen LogP contribution is -2.35. The molecule has 0 fully saturated rings. The Kier molecular flexibility index (Phi) is 19.0. The van der Waals surface area contributed by atoms with E-state index in [2.05, 4.69) is 28.1 Å². The molecule has 0 aromatic rings. The van der Waals surface area contributed by atoms with Gasteiger partial charge in [0.2, 0.25) is 0 Å². The van der Waals surface area contributed by atoms with Crippen LogP contribution in [0, 0.1) is 0 Å². The molecule has 0 aromatic carbocycles. The fourth-order valence-electron chi connectivity index (χ4n) is 2.07. The number of quaternary nitrogens is 1. The maximum Gasteiger partial charge on any atom is 0.0780 e. The van der Waals surface area contributed by atoms with Gasteiger partial charge in [-0.2, -0.15) is 0 Å². The minimum absolute atomic E-state index is 0. The zero-order valence-electron chi connectivity index (χ0n) is 13.3. The van der Waals surface area contributed by atoms with Crippen molar-refractivity contribution in [3.63, 3.8) is 0 Å². The summed E-state index contributed by atoms with van der Waals surface area (Å²) in [4.78, 5) is 0. The molecule has 0 radical (unpaired) electrons. The van der Waals surface area contributed by atoms with E-state index in [4.69, 9.17) is 0 Å². The van der Waals surface area contributed by atoms with Crippen LogP contribution in [0.2, 0.25) is 0 Å². The van der Waals surface area contributed by atoms with Crippen molar-refractivity contribution in [2.75, 3.05) is 27.7 Å². The molecule has 0 aliphatic rings. The highest BCUT2D eigenvalue weighted by atomic mass is 19.0. The number of rotatable bonds is 11. The minimum Gasteiger partial charge on any atom is -0.344 e. The van der Waals surface area contributed by atoms with Gasteiger partial charge in [-0.3, -0.25) is 4.70 Å². The van der Waals surface area contributed by atoms with Gasteiger partial charge in [0.25, 0.3) is 0 Å². The van der Waals surface area contributed by atoms with Crippen molar-refractivity contribution in [3.8, 4) is 0 Å². The van der Waals surface area contributed by atoms with E-state index in [1.807, 2.05) is 0 Å². The predicted molar refractivity (Wildman–Crippen MR) is 82.3 cm³/mol. The number of halogens is 1. The van der Waals surface area contributed by atoms with Crippen LogP contribution in [0.1, 0.15) is 71.1 Å². The second-order valence-electron chi connectivity index (χ2n) is 6.20. The van der Waals surface area contributed by atoms with Crippen molar-refractivity contribution >= 4 is 0 Å². The summed E-state index contributed by atoms with van der Waals surface area (Å²) in [6.45, 7) is 3.62. The molecule has 0 aliphatic heterocycles. The largest absolute Gasteiger partial charge is 0.344 e. The Hall–Kier alpha value is -0.150. The highest BCUT2D eigenvalue weighted by Gasteiger charge is 2.04. The fourth-order valence-corrected chi connectivity index (χ4v) is 2.07. The Morgan fingerprint density at radius 3 is 1.28 bits per heavy atom. The maximum atomic E-state index is 2.29. The highest BCUT2D eigenvalue weighted by Crippen LogP contribution is 2.10. The van der Waals surface area contributed by atoms with Crippen molar-refractivity contribution in [1.82, 2.24) is 6.15 Å². The van der Waals surface area contributed by atoms with Crippen molar-refractivity contribution < 1.29 is 9.19 Å². The number of hydrogen-bond acceptors (Lipinski definition) is 1. The predicted octanol–water partition coefficient (Wildman–Crippen LogP) is 4.93. The van der Waals surface area contributed by atoms with Crippen molar-refractivity contribution in [2.24, 2.45) is 0 Å². The molecule has 0 amide bonds. The third-order valence-electron chi connectivity index (χ3n) is 3.18. The third-order valence-corrected chi connectivity index (χ3v) is 3.18. The van der Waals surface area contributed by atoms with Crippen LogP contribution in [0.4, 0.5) is 4.70 Å². The van der Waals surface area contributed by atoms with E-state index in [9.17, 15) is 0 Å². The van der Waals surface area contributed by atoms with Crippen LogP contribution >= 0.6 is 0 Å². The molecule has 0 spiro atoms. The van der Waals surface area contributed by atoms with Gasteiger partial charge in [0.1, 0.15) is 0 Å². The fraction of sp³-hybridized carbons (Fsp3) is 1.00. The smallest absolute Gasteiger partial charge is 0.0780 e. The monoisotopic (exact) mass is 265 g/mol. The minimum atomic E-state index is 0. The standard InChI is InChI=1S/C15H34N.FH.H3N/c1-5-6-7-8-9-10-11-12-13-14-15-16(2,3)4;;/h5-15H2,1-4H3;1H;1H3/q+1;;. The van der Waals surface area contributed by atoms with Gasteiger partial charge < -0.3 is 10.6 Å². The summed E-state index contributed by atoms with van der Waals surface area (Å²) in [5.74, 6) is 0. The average molecular weight is 265 g/mol.